The van der Waals surface area contributed by atoms with Crippen molar-refractivity contribution < 1.29 is 43.6 Å². The van der Waals surface area contributed by atoms with Crippen molar-refractivity contribution in [2.45, 2.75) is 79.1 Å². The maximum atomic E-state index is 5.42. The Hall–Kier alpha value is -1.41. The van der Waals surface area contributed by atoms with Crippen LogP contribution in [0.3, 0.4) is 0 Å². The van der Waals surface area contributed by atoms with Gasteiger partial charge in [-0.05, 0) is 0 Å². The molecule has 0 unspecified atom stereocenters. The fraction of sp³-hybridized carbons (Fsp3) is 0.438. The molecular formula is C32H41Cl3N3Pd-3. The largest absolute Gasteiger partial charge is 1.00 e. The molecule has 2 aromatic carbocycles. The Bertz CT molecular complexity index is 1070. The molecule has 1 saturated heterocycles. The minimum atomic E-state index is 0. The number of nitrogens with zero attached hydrogens (tertiary/aromatic N) is 3. The molecule has 0 aliphatic carbocycles. The molecule has 0 spiro atoms. The van der Waals surface area contributed by atoms with Crippen LogP contribution in [0.15, 0.2) is 54.7 Å². The first-order valence-corrected chi connectivity index (χ1v) is 14.5. The Morgan fingerprint density at radius 2 is 1.03 bits per heavy atom. The van der Waals surface area contributed by atoms with Crippen molar-refractivity contribution in [2.24, 2.45) is 0 Å². The summed E-state index contributed by atoms with van der Waals surface area (Å²) in [5, 5.41) is 0.558. The van der Waals surface area contributed by atoms with Gasteiger partial charge in [0.25, 0.3) is 0 Å². The van der Waals surface area contributed by atoms with Gasteiger partial charge in [0.2, 0.25) is 0 Å². The summed E-state index contributed by atoms with van der Waals surface area (Å²) in [5.74, 6) is 1.97. The molecule has 0 amide bonds. The van der Waals surface area contributed by atoms with Crippen molar-refractivity contribution >= 4 is 27.2 Å². The number of pyridine rings is 1. The zero-order chi connectivity index (χ0) is 27.3. The third-order valence-electron chi connectivity index (χ3n) is 6.76. The normalized spacial score (nSPS) is 13.1. The zero-order valence-electron chi connectivity index (χ0n) is 24.2. The fourth-order valence-electron chi connectivity index (χ4n) is 4.86. The molecule has 3 nitrogen and oxygen atoms in total. The van der Waals surface area contributed by atoms with Gasteiger partial charge in [0.1, 0.15) is 0 Å². The predicted octanol–water partition coefficient (Wildman–Crippen LogP) is 2.68. The van der Waals surface area contributed by atoms with Crippen LogP contribution in [0.1, 0.15) is 101 Å². The van der Waals surface area contributed by atoms with Crippen LogP contribution in [0.5, 0.6) is 0 Å². The van der Waals surface area contributed by atoms with E-state index in [4.69, 9.17) is 11.6 Å². The molecule has 4 rings (SSSR count). The van der Waals surface area contributed by atoms with Crippen molar-refractivity contribution in [3.8, 4) is 0 Å². The Morgan fingerprint density at radius 3 is 1.26 bits per heavy atom. The molecule has 7 heteroatoms. The van der Waals surface area contributed by atoms with Crippen LogP contribution in [-0.4, -0.2) is 22.3 Å². The molecule has 0 radical (unpaired) electrons. The van der Waals surface area contributed by atoms with E-state index in [1.165, 1.54) is 37.9 Å². The quantitative estimate of drug-likeness (QED) is 0.295. The molecule has 218 valence electrons. The van der Waals surface area contributed by atoms with E-state index in [0.717, 1.165) is 13.1 Å². The number of aromatic nitrogens is 1. The molecule has 39 heavy (non-hydrogen) atoms. The van der Waals surface area contributed by atoms with Gasteiger partial charge >= 0.3 is 195 Å². The van der Waals surface area contributed by atoms with Crippen LogP contribution in [0.2, 0.25) is 5.02 Å². The van der Waals surface area contributed by atoms with Crippen molar-refractivity contribution in [3.63, 3.8) is 0 Å². The summed E-state index contributed by atoms with van der Waals surface area (Å²) in [7, 11) is 0. The third kappa shape index (κ3) is 8.54. The maximum absolute atomic E-state index is 5.42. The third-order valence-corrected chi connectivity index (χ3v) is 7.81. The van der Waals surface area contributed by atoms with Gasteiger partial charge in [0.05, 0.1) is 0 Å². The van der Waals surface area contributed by atoms with Gasteiger partial charge in [-0.15, -0.1) is 17.7 Å². The number of benzene rings is 2. The van der Waals surface area contributed by atoms with Crippen molar-refractivity contribution in [1.82, 2.24) is 4.98 Å². The predicted molar refractivity (Wildman–Crippen MR) is 157 cm³/mol. The molecule has 0 bridgehead atoms. The summed E-state index contributed by atoms with van der Waals surface area (Å²) in [6.07, 6.45) is 4.18. The van der Waals surface area contributed by atoms with E-state index < -0.39 is 0 Å². The van der Waals surface area contributed by atoms with Gasteiger partial charge in [-0.1, -0.05) is 17.4 Å². The minimum Gasteiger partial charge on any atom is -1.00 e. The van der Waals surface area contributed by atoms with E-state index in [9.17, 15) is 0 Å². The molecule has 0 N–H and O–H groups in total. The molecular weight excluding hydrogens is 639 g/mol. The number of halogens is 3. The SMILES string of the molecule is CC(C)c1cccc(C(C)C)c1N1CCN(c2c(C(C)C)cccc2C(C)C)[C]1=[Pd].Clc1[c-]nccc1.[Cl-].[Cl-]. The average molecular weight is 680 g/mol. The second-order valence-corrected chi connectivity index (χ2v) is 11.9. The first kappa shape index (κ1) is 35.6. The van der Waals surface area contributed by atoms with Crippen molar-refractivity contribution in [2.75, 3.05) is 22.9 Å². The summed E-state index contributed by atoms with van der Waals surface area (Å²) < 4.78 is 1.21. The van der Waals surface area contributed by atoms with Crippen LogP contribution < -0.4 is 34.6 Å². The molecule has 3 aromatic rings. The van der Waals surface area contributed by atoms with Crippen LogP contribution in [0.25, 0.3) is 0 Å². The Morgan fingerprint density at radius 1 is 0.667 bits per heavy atom. The van der Waals surface area contributed by atoms with Crippen molar-refractivity contribution in [3.05, 3.63) is 88.2 Å². The number of para-hydroxylation sites is 2. The van der Waals surface area contributed by atoms with Crippen LogP contribution in [0.4, 0.5) is 11.4 Å². The molecule has 2 heterocycles. The van der Waals surface area contributed by atoms with Gasteiger partial charge < -0.3 is 29.8 Å². The van der Waals surface area contributed by atoms with Crippen molar-refractivity contribution in [1.29, 1.82) is 0 Å². The number of rotatable bonds is 6. The van der Waals surface area contributed by atoms with Crippen LogP contribution in [-0.2, 0) is 18.7 Å². The molecule has 0 atom stereocenters. The molecule has 1 aromatic heterocycles. The van der Waals surface area contributed by atoms with Gasteiger partial charge in [0, 0.05) is 0 Å². The Balaban J connectivity index is 0.000000736. The molecule has 1 aliphatic rings. The number of hydrogen-bond acceptors (Lipinski definition) is 3. The summed E-state index contributed by atoms with van der Waals surface area (Å²) in [5.41, 5.74) is 8.56. The zero-order valence-corrected chi connectivity index (χ0v) is 28.0. The van der Waals surface area contributed by atoms with Gasteiger partial charge in [-0.2, -0.15) is 6.07 Å². The average Bonchev–Trinajstić information content (AvgIpc) is 3.24. The van der Waals surface area contributed by atoms with Gasteiger partial charge in [-0.25, -0.2) is 0 Å². The molecule has 1 fully saturated rings. The van der Waals surface area contributed by atoms with Gasteiger partial charge in [-0.3, -0.25) is 0 Å². The van der Waals surface area contributed by atoms with E-state index in [1.807, 2.05) is 0 Å². The summed E-state index contributed by atoms with van der Waals surface area (Å²) >= 11 is 9.12. The summed E-state index contributed by atoms with van der Waals surface area (Å²) in [4.78, 5) is 8.67. The second-order valence-electron chi connectivity index (χ2n) is 10.8. The minimum absolute atomic E-state index is 0. The van der Waals surface area contributed by atoms with Gasteiger partial charge in [0.15, 0.2) is 0 Å². The smallest absolute Gasteiger partial charge is 0.0535 e. The first-order valence-electron chi connectivity index (χ1n) is 13.3. The number of hydrogen-bond donors (Lipinski definition) is 0. The summed E-state index contributed by atoms with van der Waals surface area (Å²) in [6, 6.07) is 17.2. The summed E-state index contributed by atoms with van der Waals surface area (Å²) in [6.45, 7) is 20.4. The standard InChI is InChI=1S/C27H38N2.C5H3ClN.2ClH.Pd/c1-18(2)22-11-9-12-23(19(3)4)26(22)28-15-16-29(17-28)27-24(20(5)6)13-10-14-25(27)21(7)8;6-5-2-1-3-7-4-5;;;/h9-14,18-21H,15-16H2,1-8H3;1-3H;2*1H;/q;-1;;;/p-2. The van der Waals surface area contributed by atoms with E-state index >= 15 is 0 Å². The molecule has 1 aliphatic heterocycles. The van der Waals surface area contributed by atoms with E-state index in [1.54, 1.807) is 18.3 Å². The maximum Gasteiger partial charge on any atom is -0.0535 e. The monoisotopic (exact) mass is 678 g/mol. The first-order chi connectivity index (χ1) is 17.5. The topological polar surface area (TPSA) is 19.4 Å². The van der Waals surface area contributed by atoms with Crippen LogP contribution in [0, 0.1) is 6.20 Å². The second kappa shape index (κ2) is 16.1. The van der Waals surface area contributed by atoms with E-state index in [-0.39, 0.29) is 24.8 Å². The molecule has 0 saturated carbocycles. The number of anilines is 2. The van der Waals surface area contributed by atoms with E-state index in [2.05, 4.69) is 132 Å². The fourth-order valence-corrected chi connectivity index (χ4v) is 5.68. The Labute approximate surface area is 264 Å². The van der Waals surface area contributed by atoms with E-state index in [0.29, 0.717) is 28.7 Å². The van der Waals surface area contributed by atoms with Crippen LogP contribution >= 0.6 is 11.6 Å². The Kier molecular flexibility index (Phi) is 14.7.